The monoisotopic (exact) mass is 347 g/mol. The molecule has 94 valence electrons. The van der Waals surface area contributed by atoms with Gasteiger partial charge >= 0.3 is 0 Å². The number of para-hydroxylation sites is 1. The van der Waals surface area contributed by atoms with Crippen LogP contribution in [0.25, 0.3) is 0 Å². The zero-order valence-corrected chi connectivity index (χ0v) is 12.2. The highest BCUT2D eigenvalue weighted by atomic mass is 127. The zero-order chi connectivity index (χ0) is 12.1. The molecule has 1 fully saturated rings. The third-order valence-electron chi connectivity index (χ3n) is 2.93. The van der Waals surface area contributed by atoms with Crippen LogP contribution < -0.4 is 4.74 Å². The molecule has 1 unspecified atom stereocenters. The molecule has 1 aliphatic rings. The maximum atomic E-state index is 5.81. The highest BCUT2D eigenvalue weighted by Crippen LogP contribution is 2.20. The summed E-state index contributed by atoms with van der Waals surface area (Å²) in [5.41, 5.74) is 0. The van der Waals surface area contributed by atoms with Gasteiger partial charge in [0.15, 0.2) is 0 Å². The predicted octanol–water partition coefficient (Wildman–Crippen LogP) is 2.39. The number of likely N-dealkylation sites (N-methyl/N-ethyl adjacent to an activating group) is 1. The predicted molar refractivity (Wildman–Crippen MR) is 76.5 cm³/mol. The molecular weight excluding hydrogens is 329 g/mol. The molecule has 0 radical (unpaired) electrons. The molecule has 1 saturated heterocycles. The van der Waals surface area contributed by atoms with Crippen LogP contribution in [0.1, 0.15) is 6.92 Å². The van der Waals surface area contributed by atoms with Crippen molar-refractivity contribution in [3.63, 3.8) is 0 Å². The Balaban J connectivity index is 1.84. The Morgan fingerprint density at radius 1 is 1.47 bits per heavy atom. The van der Waals surface area contributed by atoms with Gasteiger partial charge in [-0.1, -0.05) is 19.1 Å². The van der Waals surface area contributed by atoms with Gasteiger partial charge in [0.25, 0.3) is 0 Å². The summed E-state index contributed by atoms with van der Waals surface area (Å²) in [6.45, 7) is 6.73. The molecule has 2 rings (SSSR count). The summed E-state index contributed by atoms with van der Waals surface area (Å²) in [5, 5.41) is 0. The van der Waals surface area contributed by atoms with Crippen LogP contribution in [0.5, 0.6) is 5.75 Å². The fourth-order valence-electron chi connectivity index (χ4n) is 1.91. The largest absolute Gasteiger partial charge is 0.490 e. The first kappa shape index (κ1) is 13.1. The minimum atomic E-state index is 0.194. The SMILES string of the molecule is CCN1CCOC(COc2ccccc2I)C1. The van der Waals surface area contributed by atoms with Gasteiger partial charge in [0, 0.05) is 13.1 Å². The van der Waals surface area contributed by atoms with E-state index in [1.165, 1.54) is 0 Å². The smallest absolute Gasteiger partial charge is 0.132 e. The second-order valence-corrected chi connectivity index (χ2v) is 5.29. The zero-order valence-electron chi connectivity index (χ0n) is 10.1. The molecule has 17 heavy (non-hydrogen) atoms. The normalized spacial score (nSPS) is 21.4. The van der Waals surface area contributed by atoms with Crippen molar-refractivity contribution in [1.29, 1.82) is 0 Å². The lowest BCUT2D eigenvalue weighted by molar-refractivity contribution is -0.0465. The highest BCUT2D eigenvalue weighted by Gasteiger charge is 2.19. The third kappa shape index (κ3) is 3.82. The summed E-state index contributed by atoms with van der Waals surface area (Å²) >= 11 is 2.29. The number of morpholine rings is 1. The number of hydrogen-bond acceptors (Lipinski definition) is 3. The van der Waals surface area contributed by atoms with Gasteiger partial charge in [0.1, 0.15) is 18.5 Å². The molecular formula is C13H18INO2. The number of hydrogen-bond donors (Lipinski definition) is 0. The number of halogens is 1. The van der Waals surface area contributed by atoms with Crippen LogP contribution in [0.2, 0.25) is 0 Å². The quantitative estimate of drug-likeness (QED) is 0.781. The van der Waals surface area contributed by atoms with Gasteiger partial charge in [-0.05, 0) is 41.3 Å². The number of nitrogens with zero attached hydrogens (tertiary/aromatic N) is 1. The average molecular weight is 347 g/mol. The van der Waals surface area contributed by atoms with E-state index in [0.29, 0.717) is 6.61 Å². The van der Waals surface area contributed by atoms with Crippen molar-refractivity contribution in [1.82, 2.24) is 4.90 Å². The van der Waals surface area contributed by atoms with Gasteiger partial charge in [-0.2, -0.15) is 0 Å². The topological polar surface area (TPSA) is 21.7 Å². The number of ether oxygens (including phenoxy) is 2. The highest BCUT2D eigenvalue weighted by molar-refractivity contribution is 14.1. The van der Waals surface area contributed by atoms with Crippen molar-refractivity contribution in [2.75, 3.05) is 32.8 Å². The fourth-order valence-corrected chi connectivity index (χ4v) is 2.46. The van der Waals surface area contributed by atoms with Gasteiger partial charge in [0.05, 0.1) is 10.2 Å². The molecule has 1 aromatic rings. The van der Waals surface area contributed by atoms with Crippen LogP contribution in [0.3, 0.4) is 0 Å². The molecule has 0 aliphatic carbocycles. The lowest BCUT2D eigenvalue weighted by Gasteiger charge is -2.31. The van der Waals surface area contributed by atoms with Crippen molar-refractivity contribution < 1.29 is 9.47 Å². The molecule has 0 aromatic heterocycles. The van der Waals surface area contributed by atoms with E-state index in [0.717, 1.165) is 35.6 Å². The Morgan fingerprint density at radius 2 is 2.29 bits per heavy atom. The van der Waals surface area contributed by atoms with Crippen LogP contribution in [0, 0.1) is 3.57 Å². The Labute approximate surface area is 116 Å². The van der Waals surface area contributed by atoms with Crippen LogP contribution >= 0.6 is 22.6 Å². The molecule has 1 heterocycles. The Hall–Kier alpha value is -0.330. The minimum Gasteiger partial charge on any atom is -0.490 e. The molecule has 4 heteroatoms. The Morgan fingerprint density at radius 3 is 3.06 bits per heavy atom. The molecule has 0 spiro atoms. The molecule has 0 bridgehead atoms. The lowest BCUT2D eigenvalue weighted by Crippen LogP contribution is -2.44. The van der Waals surface area contributed by atoms with Gasteiger partial charge < -0.3 is 9.47 Å². The van der Waals surface area contributed by atoms with Crippen molar-refractivity contribution in [2.24, 2.45) is 0 Å². The fraction of sp³-hybridized carbons (Fsp3) is 0.538. The van der Waals surface area contributed by atoms with E-state index in [1.807, 2.05) is 18.2 Å². The standard InChI is InChI=1S/C13H18INO2/c1-2-15-7-8-16-11(9-15)10-17-13-6-4-3-5-12(13)14/h3-6,11H,2,7-10H2,1H3. The van der Waals surface area contributed by atoms with E-state index < -0.39 is 0 Å². The minimum absolute atomic E-state index is 0.194. The summed E-state index contributed by atoms with van der Waals surface area (Å²) in [6, 6.07) is 8.07. The van der Waals surface area contributed by atoms with Gasteiger partial charge in [-0.3, -0.25) is 4.90 Å². The number of rotatable bonds is 4. The number of benzene rings is 1. The van der Waals surface area contributed by atoms with Crippen LogP contribution in [-0.2, 0) is 4.74 Å². The summed E-state index contributed by atoms with van der Waals surface area (Å²) in [6.07, 6.45) is 0.194. The first-order valence-electron chi connectivity index (χ1n) is 6.01. The maximum absolute atomic E-state index is 5.81. The van der Waals surface area contributed by atoms with Crippen molar-refractivity contribution in [2.45, 2.75) is 13.0 Å². The molecule has 1 atom stereocenters. The third-order valence-corrected chi connectivity index (χ3v) is 3.82. The van der Waals surface area contributed by atoms with E-state index in [9.17, 15) is 0 Å². The maximum Gasteiger partial charge on any atom is 0.132 e. The molecule has 1 aliphatic heterocycles. The first-order valence-corrected chi connectivity index (χ1v) is 7.08. The lowest BCUT2D eigenvalue weighted by atomic mass is 10.3. The molecule has 0 saturated carbocycles. The summed E-state index contributed by atoms with van der Waals surface area (Å²) < 4.78 is 12.7. The van der Waals surface area contributed by atoms with E-state index in [1.54, 1.807) is 0 Å². The molecule has 0 amide bonds. The summed E-state index contributed by atoms with van der Waals surface area (Å²) in [5.74, 6) is 0.949. The summed E-state index contributed by atoms with van der Waals surface area (Å²) in [7, 11) is 0. The van der Waals surface area contributed by atoms with Crippen molar-refractivity contribution in [3.8, 4) is 5.75 Å². The van der Waals surface area contributed by atoms with Gasteiger partial charge in [0.2, 0.25) is 0 Å². The molecule has 3 nitrogen and oxygen atoms in total. The summed E-state index contributed by atoms with van der Waals surface area (Å²) in [4.78, 5) is 2.40. The van der Waals surface area contributed by atoms with Crippen molar-refractivity contribution >= 4 is 22.6 Å². The van der Waals surface area contributed by atoms with E-state index >= 15 is 0 Å². The van der Waals surface area contributed by atoms with Crippen LogP contribution in [0.4, 0.5) is 0 Å². The van der Waals surface area contributed by atoms with Crippen molar-refractivity contribution in [3.05, 3.63) is 27.8 Å². The van der Waals surface area contributed by atoms with Gasteiger partial charge in [-0.15, -0.1) is 0 Å². The Kier molecular flexibility index (Phi) is 5.06. The van der Waals surface area contributed by atoms with E-state index in [4.69, 9.17) is 9.47 Å². The van der Waals surface area contributed by atoms with E-state index in [-0.39, 0.29) is 6.10 Å². The molecule has 1 aromatic carbocycles. The Bertz CT molecular complexity index is 359. The first-order chi connectivity index (χ1) is 8.29. The second-order valence-electron chi connectivity index (χ2n) is 4.13. The molecule has 0 N–H and O–H groups in total. The van der Waals surface area contributed by atoms with Crippen LogP contribution in [0.15, 0.2) is 24.3 Å². The van der Waals surface area contributed by atoms with Gasteiger partial charge in [-0.25, -0.2) is 0 Å². The average Bonchev–Trinajstić information content (AvgIpc) is 2.38. The van der Waals surface area contributed by atoms with Crippen LogP contribution in [-0.4, -0.2) is 43.9 Å². The van der Waals surface area contributed by atoms with E-state index in [2.05, 4.69) is 40.5 Å². The second kappa shape index (κ2) is 6.56.